The van der Waals surface area contributed by atoms with Crippen molar-refractivity contribution >= 4 is 0 Å². The van der Waals surface area contributed by atoms with Crippen molar-refractivity contribution in [1.29, 1.82) is 0 Å². The highest BCUT2D eigenvalue weighted by Crippen LogP contribution is 2.24. The molecule has 0 aliphatic heterocycles. The van der Waals surface area contributed by atoms with Crippen LogP contribution in [0.25, 0.3) is 0 Å². The molecule has 1 aromatic carbocycles. The van der Waals surface area contributed by atoms with Crippen molar-refractivity contribution in [2.24, 2.45) is 5.73 Å². The number of aliphatic hydroxyl groups is 1. The maximum atomic E-state index is 12.9. The maximum Gasteiger partial charge on any atom is 0.124 e. The molecule has 0 unspecified atom stereocenters. The van der Waals surface area contributed by atoms with E-state index in [9.17, 15) is 4.39 Å². The summed E-state index contributed by atoms with van der Waals surface area (Å²) in [6, 6.07) is 4.00. The molecule has 4 heteroatoms. The summed E-state index contributed by atoms with van der Waals surface area (Å²) in [6.45, 7) is 2.25. The minimum Gasteiger partial charge on any atom is -0.493 e. The number of benzene rings is 1. The van der Waals surface area contributed by atoms with Crippen LogP contribution in [0.2, 0.25) is 0 Å². The van der Waals surface area contributed by atoms with Crippen LogP contribution in [0.3, 0.4) is 0 Å². The Morgan fingerprint density at radius 1 is 1.53 bits per heavy atom. The lowest BCUT2D eigenvalue weighted by Gasteiger charge is -2.13. The first-order valence-corrected chi connectivity index (χ1v) is 4.94. The van der Waals surface area contributed by atoms with Gasteiger partial charge in [-0.25, -0.2) is 4.39 Å². The third-order valence-electron chi connectivity index (χ3n) is 2.02. The third-order valence-corrected chi connectivity index (χ3v) is 2.02. The normalized spacial score (nSPS) is 12.5. The molecule has 0 aromatic heterocycles. The average molecular weight is 213 g/mol. The van der Waals surface area contributed by atoms with Gasteiger partial charge in [0.25, 0.3) is 0 Å². The van der Waals surface area contributed by atoms with Gasteiger partial charge in [-0.05, 0) is 25.1 Å². The number of aliphatic hydroxyl groups excluding tert-OH is 1. The van der Waals surface area contributed by atoms with E-state index in [0.29, 0.717) is 24.3 Å². The Bertz CT molecular complexity index is 315. The van der Waals surface area contributed by atoms with Gasteiger partial charge in [0.2, 0.25) is 0 Å². The Kier molecular flexibility index (Phi) is 4.52. The second-order valence-corrected chi connectivity index (χ2v) is 3.40. The number of hydrogen-bond acceptors (Lipinski definition) is 3. The fourth-order valence-corrected chi connectivity index (χ4v) is 1.25. The van der Waals surface area contributed by atoms with Gasteiger partial charge < -0.3 is 15.6 Å². The molecule has 0 saturated heterocycles. The van der Waals surface area contributed by atoms with Crippen molar-refractivity contribution in [2.45, 2.75) is 19.4 Å². The first kappa shape index (κ1) is 11.9. The monoisotopic (exact) mass is 213 g/mol. The molecule has 3 N–H and O–H groups in total. The van der Waals surface area contributed by atoms with Crippen LogP contribution in [0.5, 0.6) is 5.75 Å². The van der Waals surface area contributed by atoms with Crippen LogP contribution in [-0.2, 0) is 0 Å². The molecule has 0 radical (unpaired) electrons. The van der Waals surface area contributed by atoms with Crippen molar-refractivity contribution in [3.63, 3.8) is 0 Å². The van der Waals surface area contributed by atoms with E-state index in [0.717, 1.165) is 0 Å². The predicted molar refractivity (Wildman–Crippen MR) is 56.2 cm³/mol. The van der Waals surface area contributed by atoms with Gasteiger partial charge in [-0.15, -0.1) is 0 Å². The van der Waals surface area contributed by atoms with Crippen molar-refractivity contribution in [1.82, 2.24) is 0 Å². The minimum absolute atomic E-state index is 0.0781. The minimum atomic E-state index is -0.322. The summed E-state index contributed by atoms with van der Waals surface area (Å²) in [5.41, 5.74) is 6.34. The molecule has 1 atom stereocenters. The standard InChI is InChI=1S/C11H16FNO2/c1-8(13)10-7-9(12)3-4-11(10)15-6-2-5-14/h3-4,7-8,14H,2,5-6,13H2,1H3/t8-/m1/s1. The fourth-order valence-electron chi connectivity index (χ4n) is 1.25. The molecule has 0 saturated carbocycles. The van der Waals surface area contributed by atoms with Gasteiger partial charge in [-0.2, -0.15) is 0 Å². The van der Waals surface area contributed by atoms with Crippen LogP contribution in [0.4, 0.5) is 4.39 Å². The quantitative estimate of drug-likeness (QED) is 0.730. The van der Waals surface area contributed by atoms with Crippen LogP contribution in [0, 0.1) is 5.82 Å². The van der Waals surface area contributed by atoms with Crippen LogP contribution < -0.4 is 10.5 Å². The van der Waals surface area contributed by atoms with Gasteiger partial charge in [-0.1, -0.05) is 0 Å². The lowest BCUT2D eigenvalue weighted by molar-refractivity contribution is 0.232. The second kappa shape index (κ2) is 5.68. The van der Waals surface area contributed by atoms with Crippen molar-refractivity contribution in [3.05, 3.63) is 29.6 Å². The molecule has 0 heterocycles. The summed E-state index contributed by atoms with van der Waals surface area (Å²) in [5.74, 6) is 0.261. The van der Waals surface area contributed by atoms with Crippen LogP contribution in [0.1, 0.15) is 24.9 Å². The molecule has 3 nitrogen and oxygen atoms in total. The lowest BCUT2D eigenvalue weighted by Crippen LogP contribution is -2.09. The predicted octanol–water partition coefficient (Wildman–Crippen LogP) is 1.61. The van der Waals surface area contributed by atoms with Crippen molar-refractivity contribution < 1.29 is 14.2 Å². The molecule has 1 rings (SSSR count). The molecule has 0 aliphatic rings. The van der Waals surface area contributed by atoms with E-state index in [-0.39, 0.29) is 18.5 Å². The van der Waals surface area contributed by atoms with E-state index >= 15 is 0 Å². The third kappa shape index (κ3) is 3.49. The smallest absolute Gasteiger partial charge is 0.124 e. The fraction of sp³-hybridized carbons (Fsp3) is 0.455. The van der Waals surface area contributed by atoms with E-state index in [4.69, 9.17) is 15.6 Å². The maximum absolute atomic E-state index is 12.9. The number of nitrogens with two attached hydrogens (primary N) is 1. The number of rotatable bonds is 5. The Morgan fingerprint density at radius 3 is 2.87 bits per heavy atom. The first-order chi connectivity index (χ1) is 7.15. The SMILES string of the molecule is C[C@@H](N)c1cc(F)ccc1OCCCO. The Morgan fingerprint density at radius 2 is 2.27 bits per heavy atom. The van der Waals surface area contributed by atoms with E-state index in [1.165, 1.54) is 12.1 Å². The van der Waals surface area contributed by atoms with Gasteiger partial charge in [0.05, 0.1) is 6.61 Å². The summed E-state index contributed by atoms with van der Waals surface area (Å²) < 4.78 is 18.3. The van der Waals surface area contributed by atoms with Gasteiger partial charge in [0.1, 0.15) is 11.6 Å². The van der Waals surface area contributed by atoms with E-state index in [1.807, 2.05) is 0 Å². The summed E-state index contributed by atoms with van der Waals surface area (Å²) in [6.07, 6.45) is 0.551. The number of halogens is 1. The van der Waals surface area contributed by atoms with Crippen LogP contribution in [0.15, 0.2) is 18.2 Å². The average Bonchev–Trinajstić information content (AvgIpc) is 2.20. The topological polar surface area (TPSA) is 55.5 Å². The molecule has 0 aliphatic carbocycles. The molecule has 0 bridgehead atoms. The first-order valence-electron chi connectivity index (χ1n) is 4.94. The molecule has 15 heavy (non-hydrogen) atoms. The largest absolute Gasteiger partial charge is 0.493 e. The Hall–Kier alpha value is -1.13. The summed E-state index contributed by atoms with van der Waals surface area (Å²) in [4.78, 5) is 0. The van der Waals surface area contributed by atoms with Crippen molar-refractivity contribution in [3.8, 4) is 5.75 Å². The van der Waals surface area contributed by atoms with Gasteiger partial charge in [-0.3, -0.25) is 0 Å². The summed E-state index contributed by atoms with van der Waals surface area (Å²) in [5, 5.41) is 8.60. The van der Waals surface area contributed by atoms with E-state index in [1.54, 1.807) is 13.0 Å². The van der Waals surface area contributed by atoms with Crippen LogP contribution in [-0.4, -0.2) is 18.3 Å². The molecule has 0 spiro atoms. The zero-order valence-corrected chi connectivity index (χ0v) is 8.74. The van der Waals surface area contributed by atoms with E-state index in [2.05, 4.69) is 0 Å². The molecule has 1 aromatic rings. The number of ether oxygens (including phenoxy) is 1. The molecular formula is C11H16FNO2. The molecular weight excluding hydrogens is 197 g/mol. The molecule has 0 amide bonds. The van der Waals surface area contributed by atoms with Gasteiger partial charge in [0.15, 0.2) is 0 Å². The summed E-state index contributed by atoms with van der Waals surface area (Å²) in [7, 11) is 0. The molecule has 84 valence electrons. The highest BCUT2D eigenvalue weighted by molar-refractivity contribution is 5.36. The summed E-state index contributed by atoms with van der Waals surface area (Å²) >= 11 is 0. The second-order valence-electron chi connectivity index (χ2n) is 3.40. The van der Waals surface area contributed by atoms with Gasteiger partial charge in [0, 0.05) is 24.6 Å². The highest BCUT2D eigenvalue weighted by atomic mass is 19.1. The molecule has 0 fully saturated rings. The van der Waals surface area contributed by atoms with Crippen LogP contribution >= 0.6 is 0 Å². The van der Waals surface area contributed by atoms with E-state index < -0.39 is 0 Å². The zero-order chi connectivity index (χ0) is 11.3. The van der Waals surface area contributed by atoms with Gasteiger partial charge >= 0.3 is 0 Å². The Balaban J connectivity index is 2.77. The lowest BCUT2D eigenvalue weighted by atomic mass is 10.1. The van der Waals surface area contributed by atoms with Crippen molar-refractivity contribution in [2.75, 3.05) is 13.2 Å². The number of hydrogen-bond donors (Lipinski definition) is 2. The highest BCUT2D eigenvalue weighted by Gasteiger charge is 2.09. The zero-order valence-electron chi connectivity index (χ0n) is 8.74. The Labute approximate surface area is 88.7 Å².